The second kappa shape index (κ2) is 10.0. The summed E-state index contributed by atoms with van der Waals surface area (Å²) in [4.78, 5) is 29.3. The lowest BCUT2D eigenvalue weighted by Gasteiger charge is -2.35. The number of fused-ring (bicyclic) bond motifs is 2. The third kappa shape index (κ3) is 4.60. The van der Waals surface area contributed by atoms with Crippen molar-refractivity contribution in [3.8, 4) is 11.3 Å². The number of aromatic nitrogens is 2. The summed E-state index contributed by atoms with van der Waals surface area (Å²) >= 11 is 1.71. The van der Waals surface area contributed by atoms with Crippen molar-refractivity contribution in [2.45, 2.75) is 27.3 Å². The van der Waals surface area contributed by atoms with Crippen molar-refractivity contribution in [3.05, 3.63) is 41.0 Å². The largest absolute Gasteiger partial charge is 0.461 e. The monoisotopic (exact) mass is 519 g/mol. The molecule has 8 nitrogen and oxygen atoms in total. The predicted octanol–water partition coefficient (Wildman–Crippen LogP) is 4.55. The molecule has 1 aromatic carbocycles. The van der Waals surface area contributed by atoms with Crippen LogP contribution in [0.3, 0.4) is 0 Å². The summed E-state index contributed by atoms with van der Waals surface area (Å²) in [5, 5.41) is 3.31. The lowest BCUT2D eigenvalue weighted by molar-refractivity contribution is -0.136. The number of anilines is 1. The van der Waals surface area contributed by atoms with Crippen LogP contribution in [0.1, 0.15) is 25.2 Å². The van der Waals surface area contributed by atoms with Gasteiger partial charge in [-0.3, -0.25) is 9.69 Å². The van der Waals surface area contributed by atoms with Crippen molar-refractivity contribution in [1.29, 1.82) is 0 Å². The lowest BCUT2D eigenvalue weighted by atomic mass is 10.1. The fourth-order valence-electron chi connectivity index (χ4n) is 5.33. The summed E-state index contributed by atoms with van der Waals surface area (Å²) in [5.74, 6) is 1.91. The molecular formula is C28H33N5O3S. The first-order valence-electron chi connectivity index (χ1n) is 13.1. The van der Waals surface area contributed by atoms with Gasteiger partial charge in [-0.2, -0.15) is 0 Å². The van der Waals surface area contributed by atoms with E-state index in [0.717, 1.165) is 90.0 Å². The van der Waals surface area contributed by atoms with Crippen molar-refractivity contribution in [3.63, 3.8) is 0 Å². The topological polar surface area (TPSA) is 74.9 Å². The SMILES string of the molecule is Cc1oc2ccccc2c1-c1nc(N2CCOCC2)nc2c(CN3CCN(C(=O)C(C)C)CC3)csc12. The molecule has 4 aromatic rings. The number of hydrogen-bond donors (Lipinski definition) is 0. The van der Waals surface area contributed by atoms with Gasteiger partial charge < -0.3 is 19.0 Å². The minimum atomic E-state index is 0.0450. The van der Waals surface area contributed by atoms with Crippen LogP contribution in [0, 0.1) is 12.8 Å². The zero-order valence-corrected chi connectivity index (χ0v) is 22.5. The summed E-state index contributed by atoms with van der Waals surface area (Å²) in [5.41, 5.74) is 5.10. The Morgan fingerprint density at radius 1 is 1.05 bits per heavy atom. The van der Waals surface area contributed by atoms with Crippen molar-refractivity contribution in [2.24, 2.45) is 5.92 Å². The van der Waals surface area contributed by atoms with Crippen molar-refractivity contribution in [1.82, 2.24) is 19.8 Å². The standard InChI is InChI=1S/C28H33N5O3S/c1-18(2)27(34)32-10-8-31(9-11-32)16-20-17-37-26-24(20)29-28(33-12-14-35-15-13-33)30-25(26)23-19(3)36-22-7-5-4-6-21(22)23/h4-7,17-18H,8-16H2,1-3H3. The molecule has 9 heteroatoms. The summed E-state index contributed by atoms with van der Waals surface area (Å²) in [6.07, 6.45) is 0. The number of ether oxygens (including phenoxy) is 1. The third-order valence-corrected chi connectivity index (χ3v) is 8.38. The maximum Gasteiger partial charge on any atom is 0.226 e. The number of rotatable bonds is 5. The fourth-order valence-corrected chi connectivity index (χ4v) is 6.33. The number of thiophene rings is 1. The molecule has 0 atom stereocenters. The molecule has 194 valence electrons. The van der Waals surface area contributed by atoms with E-state index in [9.17, 15) is 4.79 Å². The van der Waals surface area contributed by atoms with Gasteiger partial charge in [0.25, 0.3) is 0 Å². The molecule has 6 rings (SSSR count). The van der Waals surface area contributed by atoms with Crippen LogP contribution in [-0.4, -0.2) is 78.2 Å². The Morgan fingerprint density at radius 3 is 2.57 bits per heavy atom. The average molecular weight is 520 g/mol. The highest BCUT2D eigenvalue weighted by Crippen LogP contribution is 2.41. The van der Waals surface area contributed by atoms with E-state index in [2.05, 4.69) is 21.2 Å². The summed E-state index contributed by atoms with van der Waals surface area (Å²) in [7, 11) is 0. The molecule has 2 fully saturated rings. The average Bonchev–Trinajstić information content (AvgIpc) is 3.48. The number of furan rings is 1. The van der Waals surface area contributed by atoms with Crippen LogP contribution in [0.25, 0.3) is 32.4 Å². The maximum atomic E-state index is 12.4. The summed E-state index contributed by atoms with van der Waals surface area (Å²) in [6, 6.07) is 8.17. The predicted molar refractivity (Wildman–Crippen MR) is 147 cm³/mol. The Hall–Kier alpha value is -3.01. The first kappa shape index (κ1) is 24.3. The molecular weight excluding hydrogens is 486 g/mol. The van der Waals surface area contributed by atoms with E-state index in [-0.39, 0.29) is 11.8 Å². The van der Waals surface area contributed by atoms with E-state index < -0.39 is 0 Å². The number of aryl methyl sites for hydroxylation is 1. The molecule has 0 spiro atoms. The second-order valence-electron chi connectivity index (χ2n) is 10.2. The van der Waals surface area contributed by atoms with E-state index in [4.69, 9.17) is 19.1 Å². The Bertz CT molecular complexity index is 1430. The Labute approximate surface area is 220 Å². The number of piperazine rings is 1. The van der Waals surface area contributed by atoms with Crippen LogP contribution in [0.15, 0.2) is 34.1 Å². The number of amides is 1. The molecule has 0 N–H and O–H groups in total. The highest BCUT2D eigenvalue weighted by Gasteiger charge is 2.26. The zero-order valence-electron chi connectivity index (χ0n) is 21.7. The van der Waals surface area contributed by atoms with Crippen molar-refractivity contribution >= 4 is 44.4 Å². The molecule has 0 bridgehead atoms. The van der Waals surface area contributed by atoms with Gasteiger partial charge in [0.2, 0.25) is 11.9 Å². The van der Waals surface area contributed by atoms with Gasteiger partial charge in [0.15, 0.2) is 0 Å². The normalized spacial score (nSPS) is 17.4. The van der Waals surface area contributed by atoms with Crippen LogP contribution in [-0.2, 0) is 16.1 Å². The molecule has 0 radical (unpaired) electrons. The number of benzene rings is 1. The zero-order chi connectivity index (χ0) is 25.5. The van der Waals surface area contributed by atoms with Gasteiger partial charge in [0.05, 0.1) is 34.7 Å². The van der Waals surface area contributed by atoms with Gasteiger partial charge in [-0.1, -0.05) is 32.0 Å². The van der Waals surface area contributed by atoms with E-state index in [1.807, 2.05) is 43.9 Å². The fraction of sp³-hybridized carbons (Fsp3) is 0.464. The van der Waals surface area contributed by atoms with Crippen LogP contribution in [0.4, 0.5) is 5.95 Å². The van der Waals surface area contributed by atoms with Crippen molar-refractivity contribution < 1.29 is 13.9 Å². The first-order valence-corrected chi connectivity index (χ1v) is 14.0. The van der Waals surface area contributed by atoms with Crippen LogP contribution in [0.2, 0.25) is 0 Å². The van der Waals surface area contributed by atoms with Gasteiger partial charge >= 0.3 is 0 Å². The highest BCUT2D eigenvalue weighted by atomic mass is 32.1. The first-order chi connectivity index (χ1) is 18.0. The number of carbonyl (C=O) groups excluding carboxylic acids is 1. The van der Waals surface area contributed by atoms with Gasteiger partial charge in [0, 0.05) is 62.7 Å². The van der Waals surface area contributed by atoms with Gasteiger partial charge in [-0.25, -0.2) is 9.97 Å². The summed E-state index contributed by atoms with van der Waals surface area (Å²) < 4.78 is 12.8. The van der Waals surface area contributed by atoms with Crippen molar-refractivity contribution in [2.75, 3.05) is 57.4 Å². The smallest absolute Gasteiger partial charge is 0.226 e. The van der Waals surface area contributed by atoms with Crippen LogP contribution in [0.5, 0.6) is 0 Å². The minimum absolute atomic E-state index is 0.0450. The van der Waals surface area contributed by atoms with Gasteiger partial charge in [-0.15, -0.1) is 11.3 Å². The molecule has 0 unspecified atom stereocenters. The third-order valence-electron chi connectivity index (χ3n) is 7.35. The number of nitrogens with zero attached hydrogens (tertiary/aromatic N) is 5. The Balaban J connectivity index is 1.38. The number of carbonyl (C=O) groups is 1. The number of hydrogen-bond acceptors (Lipinski definition) is 8. The molecule has 1 amide bonds. The number of para-hydroxylation sites is 1. The molecule has 2 saturated heterocycles. The highest BCUT2D eigenvalue weighted by molar-refractivity contribution is 7.17. The maximum absolute atomic E-state index is 12.4. The summed E-state index contributed by atoms with van der Waals surface area (Å²) in [6.45, 7) is 13.0. The lowest BCUT2D eigenvalue weighted by Crippen LogP contribution is -2.49. The van der Waals surface area contributed by atoms with Gasteiger partial charge in [0.1, 0.15) is 11.3 Å². The molecule has 2 aliphatic heterocycles. The van der Waals surface area contributed by atoms with Gasteiger partial charge in [-0.05, 0) is 18.4 Å². The second-order valence-corrected chi connectivity index (χ2v) is 11.1. The quantitative estimate of drug-likeness (QED) is 0.383. The minimum Gasteiger partial charge on any atom is -0.461 e. The van der Waals surface area contributed by atoms with E-state index >= 15 is 0 Å². The molecule has 0 saturated carbocycles. The number of morpholine rings is 1. The van der Waals surface area contributed by atoms with Crippen LogP contribution < -0.4 is 4.90 Å². The van der Waals surface area contributed by atoms with Crippen LogP contribution >= 0.6 is 11.3 Å². The molecule has 0 aliphatic carbocycles. The Morgan fingerprint density at radius 2 is 1.81 bits per heavy atom. The van der Waals surface area contributed by atoms with E-state index in [1.165, 1.54) is 5.56 Å². The Kier molecular flexibility index (Phi) is 6.60. The van der Waals surface area contributed by atoms with E-state index in [1.54, 1.807) is 11.3 Å². The van der Waals surface area contributed by atoms with E-state index in [0.29, 0.717) is 13.2 Å². The molecule has 2 aliphatic rings. The molecule has 3 aromatic heterocycles. The molecule has 5 heterocycles. The molecule has 37 heavy (non-hydrogen) atoms.